The van der Waals surface area contributed by atoms with Crippen molar-refractivity contribution in [3.8, 4) is 6.07 Å². The van der Waals surface area contributed by atoms with Gasteiger partial charge in [0, 0.05) is 17.1 Å². The van der Waals surface area contributed by atoms with Crippen LogP contribution in [0.5, 0.6) is 0 Å². The molecule has 0 aliphatic rings. The number of nitriles is 1. The zero-order valence-corrected chi connectivity index (χ0v) is 12.3. The largest absolute Gasteiger partial charge is 0.458 e. The molecular formula is C13H26BNO2. The van der Waals surface area contributed by atoms with Crippen LogP contribution in [-0.4, -0.2) is 18.3 Å². The summed E-state index contributed by atoms with van der Waals surface area (Å²) >= 11 is 0. The van der Waals surface area contributed by atoms with Crippen LogP contribution in [0, 0.1) is 17.2 Å². The summed E-state index contributed by atoms with van der Waals surface area (Å²) in [7, 11) is -0.320. The zero-order valence-electron chi connectivity index (χ0n) is 12.3. The number of hydrogen-bond acceptors (Lipinski definition) is 3. The van der Waals surface area contributed by atoms with E-state index in [0.29, 0.717) is 6.32 Å². The zero-order chi connectivity index (χ0) is 13.7. The molecule has 3 nitrogen and oxygen atoms in total. The molecule has 0 N–H and O–H groups in total. The van der Waals surface area contributed by atoms with E-state index in [-0.39, 0.29) is 24.2 Å². The van der Waals surface area contributed by atoms with Gasteiger partial charge in [0.15, 0.2) is 0 Å². The van der Waals surface area contributed by atoms with Gasteiger partial charge in [-0.2, -0.15) is 5.26 Å². The molecule has 0 radical (unpaired) electrons. The Hall–Kier alpha value is -0.525. The highest BCUT2D eigenvalue weighted by atomic mass is 16.6. The molecule has 0 aliphatic carbocycles. The summed E-state index contributed by atoms with van der Waals surface area (Å²) in [6.45, 7) is 14.0. The maximum atomic E-state index is 9.01. The maximum absolute atomic E-state index is 9.01. The molecule has 0 saturated carbocycles. The number of rotatable bonds is 5. The lowest BCUT2D eigenvalue weighted by molar-refractivity contribution is 0.0326. The van der Waals surface area contributed by atoms with Crippen molar-refractivity contribution < 1.29 is 9.31 Å². The van der Waals surface area contributed by atoms with Crippen molar-refractivity contribution in [1.29, 1.82) is 5.26 Å². The number of hydrogen-bond donors (Lipinski definition) is 0. The van der Waals surface area contributed by atoms with Gasteiger partial charge in [-0.25, -0.2) is 0 Å². The molecule has 1 unspecified atom stereocenters. The molecular weight excluding hydrogens is 213 g/mol. The summed E-state index contributed by atoms with van der Waals surface area (Å²) in [5.74, 6) is -0.00954. The molecule has 0 amide bonds. The Morgan fingerprint density at radius 2 is 1.47 bits per heavy atom. The number of nitrogens with zero attached hydrogens (tertiary/aromatic N) is 1. The van der Waals surface area contributed by atoms with Gasteiger partial charge in [0.1, 0.15) is 0 Å². The van der Waals surface area contributed by atoms with Gasteiger partial charge < -0.3 is 9.31 Å². The summed E-state index contributed by atoms with van der Waals surface area (Å²) in [5.41, 5.74) is -0.521. The van der Waals surface area contributed by atoms with E-state index in [4.69, 9.17) is 14.6 Å². The summed E-state index contributed by atoms with van der Waals surface area (Å²) in [5, 5.41) is 9.01. The highest BCUT2D eigenvalue weighted by Crippen LogP contribution is 2.21. The molecule has 0 spiro atoms. The monoisotopic (exact) mass is 239 g/mol. The van der Waals surface area contributed by atoms with Crippen molar-refractivity contribution in [2.24, 2.45) is 5.92 Å². The van der Waals surface area contributed by atoms with Crippen LogP contribution in [0.1, 0.15) is 54.9 Å². The molecule has 17 heavy (non-hydrogen) atoms. The Morgan fingerprint density at radius 1 is 1.06 bits per heavy atom. The quantitative estimate of drug-likeness (QED) is 0.687. The van der Waals surface area contributed by atoms with Crippen LogP contribution in [0.3, 0.4) is 0 Å². The Balaban J connectivity index is 4.57. The summed E-state index contributed by atoms with van der Waals surface area (Å²) < 4.78 is 11.7. The molecule has 0 fully saturated rings. The molecule has 0 bridgehead atoms. The lowest BCUT2D eigenvalue weighted by Gasteiger charge is -2.31. The second-order valence-electron chi connectivity index (χ2n) is 6.36. The van der Waals surface area contributed by atoms with E-state index in [1.807, 2.05) is 48.5 Å². The molecule has 1 atom stereocenters. The van der Waals surface area contributed by atoms with E-state index in [2.05, 4.69) is 6.07 Å². The van der Waals surface area contributed by atoms with Crippen LogP contribution >= 0.6 is 0 Å². The Labute approximate surface area is 107 Å². The fourth-order valence-electron chi connectivity index (χ4n) is 1.45. The highest BCUT2D eigenvalue weighted by Gasteiger charge is 2.31. The molecule has 0 aliphatic heterocycles. The fraction of sp³-hybridized carbons (Fsp3) is 0.923. The minimum atomic E-state index is -0.320. The predicted molar refractivity (Wildman–Crippen MR) is 71.6 cm³/mol. The van der Waals surface area contributed by atoms with Crippen molar-refractivity contribution in [2.45, 2.75) is 72.4 Å². The van der Waals surface area contributed by atoms with Crippen molar-refractivity contribution in [1.82, 2.24) is 0 Å². The first-order chi connectivity index (χ1) is 7.57. The van der Waals surface area contributed by atoms with Gasteiger partial charge in [0.05, 0.1) is 6.07 Å². The minimum Gasteiger partial charge on any atom is -0.406 e. The van der Waals surface area contributed by atoms with Crippen LogP contribution in [0.25, 0.3) is 0 Å². The van der Waals surface area contributed by atoms with Gasteiger partial charge in [-0.3, -0.25) is 0 Å². The molecule has 98 valence electrons. The second-order valence-corrected chi connectivity index (χ2v) is 6.36. The van der Waals surface area contributed by atoms with Crippen LogP contribution in [0.15, 0.2) is 0 Å². The fourth-order valence-corrected chi connectivity index (χ4v) is 1.45. The normalized spacial score (nSPS) is 14.2. The topological polar surface area (TPSA) is 42.2 Å². The molecule has 0 aromatic rings. The smallest absolute Gasteiger partial charge is 0.406 e. The van der Waals surface area contributed by atoms with Crippen molar-refractivity contribution in [3.63, 3.8) is 0 Å². The molecule has 0 saturated heterocycles. The first-order valence-corrected chi connectivity index (χ1v) is 6.32. The van der Waals surface area contributed by atoms with Crippen LogP contribution < -0.4 is 0 Å². The van der Waals surface area contributed by atoms with Crippen molar-refractivity contribution in [2.75, 3.05) is 0 Å². The molecule has 0 aromatic carbocycles. The first-order valence-electron chi connectivity index (χ1n) is 6.32. The van der Waals surface area contributed by atoms with Gasteiger partial charge in [0.2, 0.25) is 0 Å². The lowest BCUT2D eigenvalue weighted by atomic mass is 9.75. The van der Waals surface area contributed by atoms with Gasteiger partial charge in [-0.15, -0.1) is 0 Å². The Morgan fingerprint density at radius 3 is 1.71 bits per heavy atom. The Bertz CT molecular complexity index is 244. The maximum Gasteiger partial charge on any atom is 0.458 e. The Kier molecular flexibility index (Phi) is 6.22. The minimum absolute atomic E-state index is 0.00954. The van der Waals surface area contributed by atoms with E-state index in [1.54, 1.807) is 0 Å². The van der Waals surface area contributed by atoms with Crippen LogP contribution in [0.2, 0.25) is 6.32 Å². The van der Waals surface area contributed by atoms with E-state index < -0.39 is 0 Å². The summed E-state index contributed by atoms with van der Waals surface area (Å²) in [6.07, 6.45) is 1.45. The summed E-state index contributed by atoms with van der Waals surface area (Å²) in [4.78, 5) is 0. The average Bonchev–Trinajstić information content (AvgIpc) is 2.08. The summed E-state index contributed by atoms with van der Waals surface area (Å²) in [6, 6.07) is 2.29. The van der Waals surface area contributed by atoms with Gasteiger partial charge in [-0.05, 0) is 54.3 Å². The van der Waals surface area contributed by atoms with E-state index in [0.717, 1.165) is 6.42 Å². The third-order valence-electron chi connectivity index (χ3n) is 2.12. The molecule has 0 rings (SSSR count). The third kappa shape index (κ3) is 9.20. The van der Waals surface area contributed by atoms with E-state index in [1.165, 1.54) is 0 Å². The highest BCUT2D eigenvalue weighted by molar-refractivity contribution is 6.44. The SMILES string of the molecule is CCC(C#N)CB(OC(C)(C)C)OC(C)(C)C. The average molecular weight is 239 g/mol. The second kappa shape index (κ2) is 6.42. The van der Waals surface area contributed by atoms with Crippen molar-refractivity contribution >= 4 is 7.12 Å². The van der Waals surface area contributed by atoms with Gasteiger partial charge in [-0.1, -0.05) is 6.92 Å². The van der Waals surface area contributed by atoms with Gasteiger partial charge in [0.25, 0.3) is 0 Å². The van der Waals surface area contributed by atoms with Crippen LogP contribution in [0.4, 0.5) is 0 Å². The molecule has 4 heteroatoms. The predicted octanol–water partition coefficient (Wildman–Crippen LogP) is 3.65. The van der Waals surface area contributed by atoms with Crippen LogP contribution in [-0.2, 0) is 9.31 Å². The van der Waals surface area contributed by atoms with Crippen molar-refractivity contribution in [3.05, 3.63) is 0 Å². The third-order valence-corrected chi connectivity index (χ3v) is 2.12. The molecule has 0 aromatic heterocycles. The first kappa shape index (κ1) is 16.5. The molecule has 0 heterocycles. The van der Waals surface area contributed by atoms with E-state index in [9.17, 15) is 0 Å². The lowest BCUT2D eigenvalue weighted by Crippen LogP contribution is -2.39. The standard InChI is InChI=1S/C13H26BNO2/c1-8-11(10-15)9-14(16-12(2,3)4)17-13(5,6)7/h11H,8-9H2,1-7H3. The van der Waals surface area contributed by atoms with Gasteiger partial charge >= 0.3 is 7.12 Å². The van der Waals surface area contributed by atoms with E-state index >= 15 is 0 Å².